The van der Waals surface area contributed by atoms with Gasteiger partial charge >= 0.3 is 5.97 Å². The minimum atomic E-state index is -1.01. The number of nitrogens with one attached hydrogen (secondary N) is 1. The van der Waals surface area contributed by atoms with E-state index < -0.39 is 5.60 Å². The predicted molar refractivity (Wildman–Crippen MR) is 162 cm³/mol. The molecule has 0 radical (unpaired) electrons. The fraction of sp³-hybridized carbons (Fsp3) is 0.676. The Bertz CT molecular complexity index is 962. The van der Waals surface area contributed by atoms with Crippen LogP contribution in [0.1, 0.15) is 142 Å². The molecule has 4 heteroatoms. The number of aromatic nitrogens is 1. The number of carbonyl (C=O) groups is 1. The maximum Gasteiger partial charge on any atom is 0.305 e. The number of hydrogen-bond acceptors (Lipinski definition) is 3. The number of rotatable bonds is 20. The first kappa shape index (κ1) is 32.1. The molecule has 1 aromatic heterocycles. The minimum Gasteiger partial charge on any atom is -0.465 e. The van der Waals surface area contributed by atoms with Gasteiger partial charge < -0.3 is 14.8 Å². The molecule has 0 unspecified atom stereocenters. The van der Waals surface area contributed by atoms with E-state index in [1.54, 1.807) is 13.8 Å². The lowest BCUT2D eigenvalue weighted by molar-refractivity contribution is -0.145. The Morgan fingerprint density at radius 1 is 0.947 bits per heavy atom. The van der Waals surface area contributed by atoms with Crippen LogP contribution in [-0.4, -0.2) is 28.3 Å². The fourth-order valence-electron chi connectivity index (χ4n) is 5.14. The van der Waals surface area contributed by atoms with Crippen LogP contribution in [0.2, 0.25) is 0 Å². The summed E-state index contributed by atoms with van der Waals surface area (Å²) in [5.41, 5.74) is 3.59. The molecule has 1 atom stereocenters. The third-order valence-electron chi connectivity index (χ3n) is 7.65. The molecule has 0 bridgehead atoms. The number of allylic oxidation sites excluding steroid dienone is 2. The standard InChI is InChI=1S/C34H55NO3/c1-6-7-8-9-10-11-12-13-14-15-16-17-18-19-33(36)38-26-31(34(4,5)37)30-25-35-32-24-28(21-20-27(2)3)22-23-29(30)32/h20,22-25,31,35,37H,6-19,21,26H2,1-5H3/t31-/m1/s1. The van der Waals surface area contributed by atoms with Crippen molar-refractivity contribution in [2.24, 2.45) is 0 Å². The van der Waals surface area contributed by atoms with Gasteiger partial charge in [0.25, 0.3) is 0 Å². The van der Waals surface area contributed by atoms with Gasteiger partial charge in [-0.25, -0.2) is 0 Å². The molecule has 0 aliphatic rings. The first-order valence-electron chi connectivity index (χ1n) is 15.3. The number of hydrogen-bond donors (Lipinski definition) is 2. The summed E-state index contributed by atoms with van der Waals surface area (Å²) < 4.78 is 5.68. The molecule has 0 saturated carbocycles. The van der Waals surface area contributed by atoms with Crippen molar-refractivity contribution in [3.05, 3.63) is 47.2 Å². The SMILES string of the molecule is CCCCCCCCCCCCCCCC(=O)OC[C@H](c1c[nH]c2cc(CC=C(C)C)ccc12)C(C)(C)O. The maximum absolute atomic E-state index is 12.5. The zero-order valence-electron chi connectivity index (χ0n) is 25.0. The number of aromatic amines is 1. The van der Waals surface area contributed by atoms with Crippen LogP contribution in [-0.2, 0) is 16.0 Å². The van der Waals surface area contributed by atoms with E-state index >= 15 is 0 Å². The summed E-state index contributed by atoms with van der Waals surface area (Å²) in [6.45, 7) is 10.3. The first-order chi connectivity index (χ1) is 18.2. The molecule has 0 amide bonds. The van der Waals surface area contributed by atoms with Crippen molar-refractivity contribution < 1.29 is 14.6 Å². The third kappa shape index (κ3) is 12.2. The van der Waals surface area contributed by atoms with Crippen LogP contribution >= 0.6 is 0 Å². The topological polar surface area (TPSA) is 62.3 Å². The van der Waals surface area contributed by atoms with Gasteiger partial charge in [-0.2, -0.15) is 0 Å². The highest BCUT2D eigenvalue weighted by Gasteiger charge is 2.31. The van der Waals surface area contributed by atoms with E-state index in [1.165, 1.54) is 81.8 Å². The van der Waals surface area contributed by atoms with E-state index in [0.29, 0.717) is 6.42 Å². The summed E-state index contributed by atoms with van der Waals surface area (Å²) in [7, 11) is 0. The Balaban J connectivity index is 1.70. The highest BCUT2D eigenvalue weighted by molar-refractivity contribution is 5.84. The van der Waals surface area contributed by atoms with Crippen LogP contribution in [0.4, 0.5) is 0 Å². The second-order valence-electron chi connectivity index (χ2n) is 12.0. The predicted octanol–water partition coefficient (Wildman–Crippen LogP) is 9.56. The number of H-pyrrole nitrogens is 1. The average molecular weight is 526 g/mol. The molecule has 214 valence electrons. The highest BCUT2D eigenvalue weighted by atomic mass is 16.5. The molecule has 2 rings (SSSR count). The molecule has 0 spiro atoms. The lowest BCUT2D eigenvalue weighted by atomic mass is 9.85. The van der Waals surface area contributed by atoms with Crippen LogP contribution in [0.5, 0.6) is 0 Å². The second kappa shape index (κ2) is 17.5. The lowest BCUT2D eigenvalue weighted by Gasteiger charge is -2.29. The van der Waals surface area contributed by atoms with E-state index in [1.807, 2.05) is 6.20 Å². The van der Waals surface area contributed by atoms with Gasteiger partial charge in [-0.05, 0) is 57.7 Å². The van der Waals surface area contributed by atoms with Crippen molar-refractivity contribution in [2.45, 2.75) is 142 Å². The molecule has 38 heavy (non-hydrogen) atoms. The number of ether oxygens (including phenoxy) is 1. The summed E-state index contributed by atoms with van der Waals surface area (Å²) in [5, 5.41) is 12.0. The monoisotopic (exact) mass is 525 g/mol. The number of esters is 1. The van der Waals surface area contributed by atoms with Crippen LogP contribution in [0.25, 0.3) is 10.9 Å². The molecule has 0 fully saturated rings. The second-order valence-corrected chi connectivity index (χ2v) is 12.0. The fourth-order valence-corrected chi connectivity index (χ4v) is 5.14. The summed E-state index contributed by atoms with van der Waals surface area (Å²) in [6.07, 6.45) is 22.3. The third-order valence-corrected chi connectivity index (χ3v) is 7.65. The lowest BCUT2D eigenvalue weighted by Crippen LogP contribution is -2.33. The van der Waals surface area contributed by atoms with Crippen molar-refractivity contribution in [2.75, 3.05) is 6.61 Å². The van der Waals surface area contributed by atoms with E-state index in [9.17, 15) is 9.90 Å². The van der Waals surface area contributed by atoms with Crippen molar-refractivity contribution >= 4 is 16.9 Å². The minimum absolute atomic E-state index is 0.161. The number of aliphatic hydroxyl groups is 1. The smallest absolute Gasteiger partial charge is 0.305 e. The Labute approximate surface area is 232 Å². The van der Waals surface area contributed by atoms with Gasteiger partial charge in [-0.15, -0.1) is 0 Å². The summed E-state index contributed by atoms with van der Waals surface area (Å²) >= 11 is 0. The Morgan fingerprint density at radius 2 is 1.53 bits per heavy atom. The number of carbonyl (C=O) groups excluding carboxylic acids is 1. The normalized spacial score (nSPS) is 12.6. The van der Waals surface area contributed by atoms with E-state index in [-0.39, 0.29) is 18.5 Å². The Morgan fingerprint density at radius 3 is 2.08 bits per heavy atom. The van der Waals surface area contributed by atoms with Gasteiger partial charge in [0.2, 0.25) is 0 Å². The van der Waals surface area contributed by atoms with Crippen molar-refractivity contribution in [1.29, 1.82) is 0 Å². The molecule has 0 saturated heterocycles. The largest absolute Gasteiger partial charge is 0.465 e. The molecule has 1 aromatic carbocycles. The van der Waals surface area contributed by atoms with Gasteiger partial charge in [-0.1, -0.05) is 108 Å². The quantitative estimate of drug-likeness (QED) is 0.103. The van der Waals surface area contributed by atoms with Gasteiger partial charge in [0.15, 0.2) is 0 Å². The molecule has 2 N–H and O–H groups in total. The summed E-state index contributed by atoms with van der Waals surface area (Å²) in [6, 6.07) is 6.42. The van der Waals surface area contributed by atoms with Crippen LogP contribution in [0, 0.1) is 0 Å². The van der Waals surface area contributed by atoms with Crippen molar-refractivity contribution in [3.63, 3.8) is 0 Å². The van der Waals surface area contributed by atoms with Crippen LogP contribution in [0.15, 0.2) is 36.0 Å². The Kier molecular flexibility index (Phi) is 14.8. The zero-order chi connectivity index (χ0) is 27.8. The molecular weight excluding hydrogens is 470 g/mol. The summed E-state index contributed by atoms with van der Waals surface area (Å²) in [4.78, 5) is 15.8. The molecule has 4 nitrogen and oxygen atoms in total. The number of fused-ring (bicyclic) bond motifs is 1. The molecule has 0 aliphatic carbocycles. The molecule has 0 aliphatic heterocycles. The highest BCUT2D eigenvalue weighted by Crippen LogP contribution is 2.34. The van der Waals surface area contributed by atoms with Gasteiger partial charge in [0.1, 0.15) is 6.61 Å². The van der Waals surface area contributed by atoms with Crippen molar-refractivity contribution in [1.82, 2.24) is 4.98 Å². The van der Waals surface area contributed by atoms with Gasteiger partial charge in [-0.3, -0.25) is 4.79 Å². The van der Waals surface area contributed by atoms with Gasteiger partial charge in [0, 0.05) is 29.4 Å². The van der Waals surface area contributed by atoms with Crippen LogP contribution in [0.3, 0.4) is 0 Å². The Hall–Kier alpha value is -2.07. The average Bonchev–Trinajstić information content (AvgIpc) is 3.27. The number of unbranched alkanes of at least 4 members (excludes halogenated alkanes) is 12. The maximum atomic E-state index is 12.5. The number of benzene rings is 1. The molecule has 2 aromatic rings. The molecule has 1 heterocycles. The van der Waals surface area contributed by atoms with Crippen LogP contribution < -0.4 is 0 Å². The summed E-state index contributed by atoms with van der Waals surface area (Å²) in [5.74, 6) is -0.457. The zero-order valence-corrected chi connectivity index (χ0v) is 25.0. The van der Waals surface area contributed by atoms with Crippen molar-refractivity contribution in [3.8, 4) is 0 Å². The van der Waals surface area contributed by atoms with E-state index in [2.05, 4.69) is 50.0 Å². The van der Waals surface area contributed by atoms with E-state index in [4.69, 9.17) is 4.74 Å². The molecular formula is C34H55NO3. The van der Waals surface area contributed by atoms with Gasteiger partial charge in [0.05, 0.1) is 5.60 Å². The van der Waals surface area contributed by atoms with E-state index in [0.717, 1.165) is 35.7 Å². The first-order valence-corrected chi connectivity index (χ1v) is 15.3.